The Balaban J connectivity index is 2.05. The second kappa shape index (κ2) is 9.31. The Kier molecular flexibility index (Phi) is 6.39. The molecule has 184 valence electrons. The average molecular weight is 495 g/mol. The molecule has 8 nitrogen and oxygen atoms in total. The van der Waals surface area contributed by atoms with Crippen molar-refractivity contribution in [3.63, 3.8) is 0 Å². The summed E-state index contributed by atoms with van der Waals surface area (Å²) < 4.78 is 43.5. The van der Waals surface area contributed by atoms with Crippen LogP contribution in [0.1, 0.15) is 29.8 Å². The molecule has 0 spiro atoms. The highest BCUT2D eigenvalue weighted by Gasteiger charge is 2.31. The van der Waals surface area contributed by atoms with E-state index in [1.165, 1.54) is 42.9 Å². The molecule has 0 saturated heterocycles. The van der Waals surface area contributed by atoms with E-state index in [0.29, 0.717) is 11.3 Å². The molecule has 2 aromatic heterocycles. The smallest absolute Gasteiger partial charge is 0.394 e. The molecule has 0 amide bonds. The van der Waals surface area contributed by atoms with Crippen LogP contribution in [0.25, 0.3) is 22.6 Å². The molecular weight excluding hydrogens is 475 g/mol. The van der Waals surface area contributed by atoms with Crippen LogP contribution in [0, 0.1) is 18.3 Å². The van der Waals surface area contributed by atoms with E-state index in [9.17, 15) is 27.9 Å². The molecule has 0 radical (unpaired) electrons. The number of nitrogens with zero attached hydrogens (tertiary/aromatic N) is 5. The van der Waals surface area contributed by atoms with Gasteiger partial charge in [0, 0.05) is 5.69 Å². The Labute approximate surface area is 202 Å². The van der Waals surface area contributed by atoms with Gasteiger partial charge in [-0.3, -0.25) is 13.9 Å². The third-order valence-corrected chi connectivity index (χ3v) is 5.80. The fourth-order valence-electron chi connectivity index (χ4n) is 3.99. The van der Waals surface area contributed by atoms with Crippen LogP contribution in [-0.2, 0) is 6.18 Å². The van der Waals surface area contributed by atoms with Gasteiger partial charge in [0.05, 0.1) is 58.7 Å². The van der Waals surface area contributed by atoms with Crippen LogP contribution in [0.5, 0.6) is 0 Å². The van der Waals surface area contributed by atoms with Crippen molar-refractivity contribution in [1.82, 2.24) is 18.9 Å². The Hall–Kier alpha value is -4.43. The van der Waals surface area contributed by atoms with Crippen molar-refractivity contribution in [2.45, 2.75) is 26.1 Å². The number of aromatic nitrogens is 4. The van der Waals surface area contributed by atoms with Crippen molar-refractivity contribution in [3.05, 3.63) is 98.5 Å². The summed E-state index contributed by atoms with van der Waals surface area (Å²) in [6, 6.07) is 13.2. The zero-order valence-corrected chi connectivity index (χ0v) is 19.2. The first-order valence-electron chi connectivity index (χ1n) is 10.8. The molecule has 0 aliphatic carbocycles. The average Bonchev–Trinajstić information content (AvgIpc) is 3.33. The van der Waals surface area contributed by atoms with Gasteiger partial charge in [0.25, 0.3) is 5.56 Å². The SMILES string of the molecule is Cc1c(-c2ccnn2-c2ccc(C#N)cc2)c(=O)n(C(C)CO)c(=O)n1-c1cccc(C(F)(F)F)c1. The van der Waals surface area contributed by atoms with Crippen molar-refractivity contribution < 1.29 is 18.3 Å². The van der Waals surface area contributed by atoms with Crippen LogP contribution >= 0.6 is 0 Å². The van der Waals surface area contributed by atoms with E-state index in [-0.39, 0.29) is 22.6 Å². The summed E-state index contributed by atoms with van der Waals surface area (Å²) in [7, 11) is 0. The minimum absolute atomic E-state index is 0.0224. The van der Waals surface area contributed by atoms with Crippen molar-refractivity contribution in [2.24, 2.45) is 0 Å². The monoisotopic (exact) mass is 495 g/mol. The lowest BCUT2D eigenvalue weighted by molar-refractivity contribution is -0.137. The lowest BCUT2D eigenvalue weighted by Crippen LogP contribution is -2.44. The molecule has 1 atom stereocenters. The minimum Gasteiger partial charge on any atom is -0.394 e. The van der Waals surface area contributed by atoms with Crippen molar-refractivity contribution >= 4 is 0 Å². The topological polar surface area (TPSA) is 106 Å². The van der Waals surface area contributed by atoms with Crippen molar-refractivity contribution in [2.75, 3.05) is 6.61 Å². The second-order valence-corrected chi connectivity index (χ2v) is 8.12. The molecule has 0 bridgehead atoms. The zero-order chi connectivity index (χ0) is 26.2. The van der Waals surface area contributed by atoms with Crippen molar-refractivity contribution in [3.8, 4) is 28.7 Å². The summed E-state index contributed by atoms with van der Waals surface area (Å²) in [6.45, 7) is 2.37. The number of halogens is 3. The lowest BCUT2D eigenvalue weighted by atomic mass is 10.1. The molecule has 0 saturated carbocycles. The number of aliphatic hydroxyl groups excluding tert-OH is 1. The Morgan fingerprint density at radius 1 is 1.08 bits per heavy atom. The first kappa shape index (κ1) is 24.7. The van der Waals surface area contributed by atoms with E-state index < -0.39 is 35.6 Å². The molecule has 0 aliphatic heterocycles. The van der Waals surface area contributed by atoms with Gasteiger partial charge in [0.15, 0.2) is 0 Å². The van der Waals surface area contributed by atoms with Gasteiger partial charge in [-0.25, -0.2) is 9.48 Å². The molecular formula is C25H20F3N5O3. The molecule has 0 aliphatic rings. The minimum atomic E-state index is -4.64. The van der Waals surface area contributed by atoms with Crippen LogP contribution in [0.3, 0.4) is 0 Å². The highest BCUT2D eigenvalue weighted by Crippen LogP contribution is 2.31. The summed E-state index contributed by atoms with van der Waals surface area (Å²) in [5.74, 6) is 0. The largest absolute Gasteiger partial charge is 0.416 e. The number of benzene rings is 2. The Morgan fingerprint density at radius 2 is 1.78 bits per heavy atom. The maximum Gasteiger partial charge on any atom is 0.416 e. The van der Waals surface area contributed by atoms with Crippen LogP contribution < -0.4 is 11.2 Å². The van der Waals surface area contributed by atoms with Gasteiger partial charge in [-0.2, -0.15) is 23.5 Å². The summed E-state index contributed by atoms with van der Waals surface area (Å²) in [5.41, 5.74) is -1.31. The van der Waals surface area contributed by atoms with Crippen LogP contribution in [0.2, 0.25) is 0 Å². The van der Waals surface area contributed by atoms with Gasteiger partial charge >= 0.3 is 11.9 Å². The van der Waals surface area contributed by atoms with E-state index in [0.717, 1.165) is 21.3 Å². The molecule has 11 heteroatoms. The van der Waals surface area contributed by atoms with Crippen LogP contribution in [0.4, 0.5) is 13.2 Å². The number of alkyl halides is 3. The van der Waals surface area contributed by atoms with Gasteiger partial charge in [-0.15, -0.1) is 0 Å². The predicted molar refractivity (Wildman–Crippen MR) is 125 cm³/mol. The number of hydrogen-bond acceptors (Lipinski definition) is 5. The van der Waals surface area contributed by atoms with Crippen molar-refractivity contribution in [1.29, 1.82) is 5.26 Å². The maximum atomic E-state index is 13.6. The third kappa shape index (κ3) is 4.23. The third-order valence-electron chi connectivity index (χ3n) is 5.80. The molecule has 0 fully saturated rings. The predicted octanol–water partition coefficient (Wildman–Crippen LogP) is 3.60. The summed E-state index contributed by atoms with van der Waals surface area (Å²) in [5, 5.41) is 23.1. The van der Waals surface area contributed by atoms with Crippen LogP contribution in [-0.4, -0.2) is 30.6 Å². The molecule has 1 N–H and O–H groups in total. The number of rotatable bonds is 5. The molecule has 36 heavy (non-hydrogen) atoms. The number of aliphatic hydroxyl groups is 1. The van der Waals surface area contributed by atoms with E-state index in [1.54, 1.807) is 24.3 Å². The van der Waals surface area contributed by atoms with Gasteiger partial charge in [-0.1, -0.05) is 6.07 Å². The summed E-state index contributed by atoms with van der Waals surface area (Å²) in [6.07, 6.45) is -3.21. The molecule has 4 aromatic rings. The Morgan fingerprint density at radius 3 is 2.39 bits per heavy atom. The highest BCUT2D eigenvalue weighted by molar-refractivity contribution is 5.64. The number of hydrogen-bond donors (Lipinski definition) is 1. The number of nitriles is 1. The molecule has 2 aromatic carbocycles. The second-order valence-electron chi connectivity index (χ2n) is 8.12. The van der Waals surface area contributed by atoms with Gasteiger partial charge < -0.3 is 5.11 Å². The molecule has 4 rings (SSSR count). The Bertz CT molecular complexity index is 1590. The first-order valence-corrected chi connectivity index (χ1v) is 10.8. The van der Waals surface area contributed by atoms with E-state index >= 15 is 0 Å². The van der Waals surface area contributed by atoms with E-state index in [4.69, 9.17) is 5.26 Å². The molecule has 1 unspecified atom stereocenters. The van der Waals surface area contributed by atoms with E-state index in [2.05, 4.69) is 5.10 Å². The van der Waals surface area contributed by atoms with Gasteiger partial charge in [0.1, 0.15) is 0 Å². The van der Waals surface area contributed by atoms with Gasteiger partial charge in [-0.05, 0) is 62.4 Å². The van der Waals surface area contributed by atoms with Gasteiger partial charge in [0.2, 0.25) is 0 Å². The zero-order valence-electron chi connectivity index (χ0n) is 19.2. The maximum absolute atomic E-state index is 13.6. The fourth-order valence-corrected chi connectivity index (χ4v) is 3.99. The van der Waals surface area contributed by atoms with Crippen LogP contribution in [0.15, 0.2) is 70.4 Å². The lowest BCUT2D eigenvalue weighted by Gasteiger charge is -2.21. The summed E-state index contributed by atoms with van der Waals surface area (Å²) in [4.78, 5) is 27.0. The summed E-state index contributed by atoms with van der Waals surface area (Å²) >= 11 is 0. The standard InChI is InChI=1S/C25H20F3N5O3/c1-15(14-34)31-23(35)22(21-10-11-30-33(21)19-8-6-17(13-29)7-9-19)16(2)32(24(31)36)20-5-3-4-18(12-20)25(26,27)28/h3-12,15,34H,14H2,1-2H3. The normalized spacial score (nSPS) is 12.4. The molecule has 2 heterocycles. The van der Waals surface area contributed by atoms with E-state index in [1.807, 2.05) is 6.07 Å². The fraction of sp³-hybridized carbons (Fsp3) is 0.200. The highest BCUT2D eigenvalue weighted by atomic mass is 19.4. The first-order chi connectivity index (χ1) is 17.1. The quantitative estimate of drug-likeness (QED) is 0.456.